The van der Waals surface area contributed by atoms with Crippen LogP contribution in [0.25, 0.3) is 0 Å². The van der Waals surface area contributed by atoms with Crippen molar-refractivity contribution in [2.45, 2.75) is 31.7 Å². The summed E-state index contributed by atoms with van der Waals surface area (Å²) in [6.07, 6.45) is 2.69. The molecular weight excluding hydrogens is 364 g/mol. The van der Waals surface area contributed by atoms with E-state index in [1.165, 1.54) is 0 Å². The molecule has 25 heavy (non-hydrogen) atoms. The molecule has 0 radical (unpaired) electrons. The fourth-order valence-corrected chi connectivity index (χ4v) is 5.68. The van der Waals surface area contributed by atoms with Crippen molar-refractivity contribution < 1.29 is 22.6 Å². The number of sulfone groups is 1. The van der Waals surface area contributed by atoms with Crippen LogP contribution in [0.3, 0.4) is 0 Å². The van der Waals surface area contributed by atoms with Crippen molar-refractivity contribution >= 4 is 21.6 Å². The van der Waals surface area contributed by atoms with E-state index in [1.807, 2.05) is 16.7 Å². The standard InChI is InChI=1S/C16H26N2O5S2/c19-25(20)11-6-18(7-12-25)15-14(17-4-9-24-10-5-17)22-16(23-15)13-3-1-2-8-21-13/h13,16H,1-12H2. The molecule has 4 aliphatic rings. The molecule has 4 aliphatic heterocycles. The van der Waals surface area contributed by atoms with Crippen LogP contribution in [0.2, 0.25) is 0 Å². The monoisotopic (exact) mass is 390 g/mol. The van der Waals surface area contributed by atoms with Crippen LogP contribution >= 0.6 is 11.8 Å². The Balaban J connectivity index is 1.51. The van der Waals surface area contributed by atoms with Gasteiger partial charge in [-0.2, -0.15) is 11.8 Å². The van der Waals surface area contributed by atoms with E-state index in [1.54, 1.807) is 0 Å². The van der Waals surface area contributed by atoms with E-state index < -0.39 is 16.1 Å². The fraction of sp³-hybridized carbons (Fsp3) is 0.875. The Morgan fingerprint density at radius 2 is 1.56 bits per heavy atom. The van der Waals surface area contributed by atoms with E-state index in [2.05, 4.69) is 4.90 Å². The van der Waals surface area contributed by atoms with Crippen LogP contribution < -0.4 is 0 Å². The molecule has 0 aromatic heterocycles. The SMILES string of the molecule is O=S1(=O)CCN(C2=C(N3CCSCC3)OC(C3CCCCO3)O2)CC1. The first-order valence-corrected chi connectivity index (χ1v) is 12.1. The molecule has 142 valence electrons. The third kappa shape index (κ3) is 3.98. The highest BCUT2D eigenvalue weighted by Gasteiger charge is 2.41. The molecule has 3 saturated heterocycles. The maximum absolute atomic E-state index is 11.8. The van der Waals surface area contributed by atoms with Gasteiger partial charge in [0.2, 0.25) is 0 Å². The molecule has 9 heteroatoms. The molecule has 0 aromatic rings. The van der Waals surface area contributed by atoms with Crippen molar-refractivity contribution in [1.82, 2.24) is 9.80 Å². The summed E-state index contributed by atoms with van der Waals surface area (Å²) in [5, 5.41) is 0. The van der Waals surface area contributed by atoms with Crippen LogP contribution in [0.1, 0.15) is 19.3 Å². The Bertz CT molecular complexity index is 598. The second kappa shape index (κ2) is 7.44. The minimum Gasteiger partial charge on any atom is -0.432 e. The van der Waals surface area contributed by atoms with Gasteiger partial charge in [-0.25, -0.2) is 8.42 Å². The molecule has 0 aliphatic carbocycles. The van der Waals surface area contributed by atoms with Gasteiger partial charge in [0.1, 0.15) is 6.10 Å². The first-order chi connectivity index (χ1) is 12.1. The van der Waals surface area contributed by atoms with Crippen molar-refractivity contribution in [3.8, 4) is 0 Å². The zero-order chi connectivity index (χ0) is 17.3. The maximum atomic E-state index is 11.8. The fourth-order valence-electron chi connectivity index (χ4n) is 3.58. The van der Waals surface area contributed by atoms with Crippen molar-refractivity contribution in [3.05, 3.63) is 11.8 Å². The summed E-state index contributed by atoms with van der Waals surface area (Å²) in [4.78, 5) is 4.26. The topological polar surface area (TPSA) is 68.3 Å². The number of hydrogen-bond donors (Lipinski definition) is 0. The van der Waals surface area contributed by atoms with E-state index in [0.29, 0.717) is 19.0 Å². The number of hydrogen-bond acceptors (Lipinski definition) is 8. The van der Waals surface area contributed by atoms with E-state index in [4.69, 9.17) is 14.2 Å². The second-order valence-electron chi connectivity index (χ2n) is 6.86. The van der Waals surface area contributed by atoms with Gasteiger partial charge in [0.05, 0.1) is 11.5 Å². The largest absolute Gasteiger partial charge is 0.432 e. The summed E-state index contributed by atoms with van der Waals surface area (Å²) in [6, 6.07) is 0. The number of ether oxygens (including phenoxy) is 3. The van der Waals surface area contributed by atoms with E-state index in [-0.39, 0.29) is 17.6 Å². The van der Waals surface area contributed by atoms with Gasteiger partial charge in [0.15, 0.2) is 9.84 Å². The summed E-state index contributed by atoms with van der Waals surface area (Å²) >= 11 is 1.94. The van der Waals surface area contributed by atoms with Gasteiger partial charge in [-0.1, -0.05) is 0 Å². The lowest BCUT2D eigenvalue weighted by Gasteiger charge is -2.31. The lowest BCUT2D eigenvalue weighted by atomic mass is 10.1. The zero-order valence-electron chi connectivity index (χ0n) is 14.4. The molecule has 2 unspecified atom stereocenters. The molecule has 2 atom stereocenters. The average molecular weight is 391 g/mol. The second-order valence-corrected chi connectivity index (χ2v) is 10.4. The van der Waals surface area contributed by atoms with Gasteiger partial charge < -0.3 is 24.0 Å². The first kappa shape index (κ1) is 17.6. The van der Waals surface area contributed by atoms with Crippen molar-refractivity contribution in [3.63, 3.8) is 0 Å². The van der Waals surface area contributed by atoms with Gasteiger partial charge >= 0.3 is 0 Å². The van der Waals surface area contributed by atoms with E-state index in [0.717, 1.165) is 56.3 Å². The highest BCUT2D eigenvalue weighted by molar-refractivity contribution is 7.99. The molecule has 3 fully saturated rings. The van der Waals surface area contributed by atoms with Crippen LogP contribution in [0.5, 0.6) is 0 Å². The predicted molar refractivity (Wildman–Crippen MR) is 95.7 cm³/mol. The van der Waals surface area contributed by atoms with Crippen molar-refractivity contribution in [2.24, 2.45) is 0 Å². The number of nitrogens with zero attached hydrogens (tertiary/aromatic N) is 2. The quantitative estimate of drug-likeness (QED) is 0.702. The first-order valence-electron chi connectivity index (χ1n) is 9.10. The van der Waals surface area contributed by atoms with E-state index >= 15 is 0 Å². The lowest BCUT2D eigenvalue weighted by Crippen LogP contribution is -2.42. The Morgan fingerprint density at radius 1 is 0.920 bits per heavy atom. The van der Waals surface area contributed by atoms with Crippen molar-refractivity contribution in [2.75, 3.05) is 55.8 Å². The van der Waals surface area contributed by atoms with Gasteiger partial charge in [-0.05, 0) is 19.3 Å². The molecule has 0 amide bonds. The average Bonchev–Trinajstić information content (AvgIpc) is 3.08. The summed E-state index contributed by atoms with van der Waals surface area (Å²) in [6.45, 7) is 3.53. The molecule has 0 bridgehead atoms. The summed E-state index contributed by atoms with van der Waals surface area (Å²) < 4.78 is 41.8. The summed E-state index contributed by atoms with van der Waals surface area (Å²) in [7, 11) is -2.92. The highest BCUT2D eigenvalue weighted by Crippen LogP contribution is 2.34. The summed E-state index contributed by atoms with van der Waals surface area (Å²) in [5.74, 6) is 3.97. The Hall–Kier alpha value is -0.800. The molecule has 4 heterocycles. The molecule has 0 N–H and O–H groups in total. The van der Waals surface area contributed by atoms with Crippen LogP contribution in [0.4, 0.5) is 0 Å². The molecule has 7 nitrogen and oxygen atoms in total. The van der Waals surface area contributed by atoms with E-state index in [9.17, 15) is 8.42 Å². The van der Waals surface area contributed by atoms with Crippen LogP contribution in [0, 0.1) is 0 Å². The van der Waals surface area contributed by atoms with Gasteiger partial charge in [0.25, 0.3) is 18.1 Å². The Kier molecular flexibility index (Phi) is 5.24. The number of rotatable bonds is 3. The smallest absolute Gasteiger partial charge is 0.270 e. The van der Waals surface area contributed by atoms with Gasteiger partial charge in [-0.15, -0.1) is 0 Å². The van der Waals surface area contributed by atoms with Crippen LogP contribution in [-0.4, -0.2) is 86.4 Å². The van der Waals surface area contributed by atoms with Gasteiger partial charge in [-0.3, -0.25) is 0 Å². The van der Waals surface area contributed by atoms with Crippen LogP contribution in [0.15, 0.2) is 11.8 Å². The predicted octanol–water partition coefficient (Wildman–Crippen LogP) is 0.834. The molecular formula is C16H26N2O5S2. The summed E-state index contributed by atoms with van der Waals surface area (Å²) in [5.41, 5.74) is 0. The minimum absolute atomic E-state index is 0.0473. The van der Waals surface area contributed by atoms with Crippen LogP contribution in [-0.2, 0) is 24.0 Å². The molecule has 0 aromatic carbocycles. The minimum atomic E-state index is -2.92. The normalized spacial score (nSPS) is 33.1. The molecule has 0 spiro atoms. The Morgan fingerprint density at radius 3 is 2.16 bits per heavy atom. The van der Waals surface area contributed by atoms with Crippen molar-refractivity contribution in [1.29, 1.82) is 0 Å². The third-order valence-electron chi connectivity index (χ3n) is 5.09. The maximum Gasteiger partial charge on any atom is 0.270 e. The van der Waals surface area contributed by atoms with Gasteiger partial charge in [0, 0.05) is 44.3 Å². The molecule has 0 saturated carbocycles. The zero-order valence-corrected chi connectivity index (χ0v) is 16.0. The Labute approximate surface area is 153 Å². The molecule has 4 rings (SSSR count). The number of thioether (sulfide) groups is 1. The third-order valence-corrected chi connectivity index (χ3v) is 7.64. The highest BCUT2D eigenvalue weighted by atomic mass is 32.2. The lowest BCUT2D eigenvalue weighted by molar-refractivity contribution is -0.165.